The summed E-state index contributed by atoms with van der Waals surface area (Å²) in [6.45, 7) is 3.91. The monoisotopic (exact) mass is 443 g/mol. The van der Waals surface area contributed by atoms with E-state index in [1.54, 1.807) is 6.20 Å². The highest BCUT2D eigenvalue weighted by molar-refractivity contribution is 6.32. The molecule has 0 bridgehead atoms. The highest BCUT2D eigenvalue weighted by Crippen LogP contribution is 2.41. The van der Waals surface area contributed by atoms with E-state index in [2.05, 4.69) is 15.3 Å². The normalized spacial score (nSPS) is 13.9. The van der Waals surface area contributed by atoms with E-state index >= 15 is 0 Å². The number of halogens is 4. The second-order valence-electron chi connectivity index (χ2n) is 7.28. The molecule has 0 aliphatic carbocycles. The molecule has 4 nitrogen and oxygen atoms in total. The van der Waals surface area contributed by atoms with Gasteiger partial charge in [0.15, 0.2) is 0 Å². The van der Waals surface area contributed by atoms with Crippen LogP contribution in [0.15, 0.2) is 53.7 Å². The van der Waals surface area contributed by atoms with E-state index in [0.29, 0.717) is 11.3 Å². The molecule has 0 saturated heterocycles. The standard InChI is InChI=1S/C23H17ClF3N3O/c1-12-13(2)28-7-6-16(12)14-4-3-5-15(8-14)19-11-22(31)30-20-9-17(23(25,26)27)18(24)10-21(20)29-19/h3-10H,11H2,1-2H3,(H,30,31). The van der Waals surface area contributed by atoms with E-state index in [-0.39, 0.29) is 17.8 Å². The summed E-state index contributed by atoms with van der Waals surface area (Å²) in [5.74, 6) is -0.450. The highest BCUT2D eigenvalue weighted by atomic mass is 35.5. The summed E-state index contributed by atoms with van der Waals surface area (Å²) in [6, 6.07) is 11.4. The van der Waals surface area contributed by atoms with Crippen LogP contribution in [0.4, 0.5) is 24.5 Å². The van der Waals surface area contributed by atoms with Gasteiger partial charge in [0, 0.05) is 11.9 Å². The van der Waals surface area contributed by atoms with Gasteiger partial charge >= 0.3 is 6.18 Å². The molecule has 3 aromatic rings. The molecule has 0 spiro atoms. The molecule has 1 aliphatic heterocycles. The molecular weight excluding hydrogens is 427 g/mol. The van der Waals surface area contributed by atoms with Crippen LogP contribution < -0.4 is 5.32 Å². The van der Waals surface area contributed by atoms with E-state index < -0.39 is 22.7 Å². The molecule has 0 fully saturated rings. The molecular formula is C23H17ClF3N3O. The predicted molar refractivity (Wildman–Crippen MR) is 115 cm³/mol. The first-order valence-electron chi connectivity index (χ1n) is 9.44. The van der Waals surface area contributed by atoms with Gasteiger partial charge in [-0.15, -0.1) is 0 Å². The number of fused-ring (bicyclic) bond motifs is 1. The van der Waals surface area contributed by atoms with Crippen molar-refractivity contribution >= 4 is 34.6 Å². The number of carbonyl (C=O) groups is 1. The molecule has 2 aromatic carbocycles. The van der Waals surface area contributed by atoms with Gasteiger partial charge in [0.1, 0.15) is 0 Å². The maximum atomic E-state index is 13.2. The van der Waals surface area contributed by atoms with Crippen molar-refractivity contribution in [2.75, 3.05) is 5.32 Å². The Morgan fingerprint density at radius 1 is 1.06 bits per heavy atom. The van der Waals surface area contributed by atoms with Gasteiger partial charge in [0.05, 0.1) is 34.1 Å². The van der Waals surface area contributed by atoms with Gasteiger partial charge in [-0.05, 0) is 60.4 Å². The summed E-state index contributed by atoms with van der Waals surface area (Å²) in [7, 11) is 0. The smallest absolute Gasteiger partial charge is 0.324 e. The number of nitrogens with zero attached hydrogens (tertiary/aromatic N) is 2. The van der Waals surface area contributed by atoms with E-state index in [1.807, 2.05) is 44.2 Å². The zero-order valence-electron chi connectivity index (χ0n) is 16.6. The van der Waals surface area contributed by atoms with Gasteiger partial charge in [0.2, 0.25) is 5.91 Å². The Morgan fingerprint density at radius 3 is 2.55 bits per heavy atom. The summed E-state index contributed by atoms with van der Waals surface area (Å²) in [5.41, 5.74) is 4.17. The number of rotatable bonds is 2. The fourth-order valence-electron chi connectivity index (χ4n) is 3.49. The van der Waals surface area contributed by atoms with Crippen molar-refractivity contribution < 1.29 is 18.0 Å². The summed E-state index contributed by atoms with van der Waals surface area (Å²) in [6.07, 6.45) is -2.98. The molecule has 158 valence electrons. The van der Waals surface area contributed by atoms with E-state index in [0.717, 1.165) is 34.5 Å². The highest BCUT2D eigenvalue weighted by Gasteiger charge is 2.34. The van der Waals surface area contributed by atoms with Crippen LogP contribution >= 0.6 is 11.6 Å². The lowest BCUT2D eigenvalue weighted by Gasteiger charge is -2.12. The summed E-state index contributed by atoms with van der Waals surface area (Å²) >= 11 is 5.86. The van der Waals surface area contributed by atoms with Crippen molar-refractivity contribution in [3.8, 4) is 11.1 Å². The third kappa shape index (κ3) is 4.18. The predicted octanol–water partition coefficient (Wildman–Crippen LogP) is 6.50. The number of hydrogen-bond acceptors (Lipinski definition) is 3. The number of aliphatic imine (C=N–C) groups is 1. The Hall–Kier alpha value is -3.19. The molecule has 4 rings (SSSR count). The number of anilines is 1. The lowest BCUT2D eigenvalue weighted by Crippen LogP contribution is -2.15. The van der Waals surface area contributed by atoms with Crippen LogP contribution in [-0.4, -0.2) is 16.6 Å². The number of nitrogens with one attached hydrogen (secondary N) is 1. The van der Waals surface area contributed by atoms with Gasteiger partial charge in [-0.2, -0.15) is 13.2 Å². The van der Waals surface area contributed by atoms with Crippen LogP contribution in [0.1, 0.15) is 28.8 Å². The van der Waals surface area contributed by atoms with Crippen LogP contribution in [0.25, 0.3) is 11.1 Å². The fraction of sp³-hybridized carbons (Fsp3) is 0.174. The largest absolute Gasteiger partial charge is 0.417 e. The van der Waals surface area contributed by atoms with Gasteiger partial charge in [-0.1, -0.05) is 29.8 Å². The average molecular weight is 444 g/mol. The van der Waals surface area contributed by atoms with Crippen LogP contribution in [0, 0.1) is 13.8 Å². The number of pyridine rings is 1. The zero-order valence-corrected chi connectivity index (χ0v) is 17.4. The van der Waals surface area contributed by atoms with Crippen LogP contribution in [0.2, 0.25) is 5.02 Å². The van der Waals surface area contributed by atoms with Crippen LogP contribution in [-0.2, 0) is 11.0 Å². The summed E-state index contributed by atoms with van der Waals surface area (Å²) in [5, 5.41) is 2.03. The molecule has 0 saturated carbocycles. The molecule has 31 heavy (non-hydrogen) atoms. The maximum Gasteiger partial charge on any atom is 0.417 e. The van der Waals surface area contributed by atoms with E-state index in [1.165, 1.54) is 0 Å². The van der Waals surface area contributed by atoms with Crippen LogP contribution in [0.3, 0.4) is 0 Å². The van der Waals surface area contributed by atoms with Crippen molar-refractivity contribution in [3.05, 3.63) is 76.1 Å². The number of aromatic nitrogens is 1. The molecule has 1 amide bonds. The lowest BCUT2D eigenvalue weighted by molar-refractivity contribution is -0.137. The van der Waals surface area contributed by atoms with Crippen molar-refractivity contribution in [3.63, 3.8) is 0 Å². The SMILES string of the molecule is Cc1nccc(-c2cccc(C3=Nc4cc(Cl)c(C(F)(F)F)cc4NC(=O)C3)c2)c1C. The summed E-state index contributed by atoms with van der Waals surface area (Å²) < 4.78 is 39.6. The zero-order chi connectivity index (χ0) is 22.3. The van der Waals surface area contributed by atoms with Gasteiger partial charge in [-0.3, -0.25) is 14.8 Å². The van der Waals surface area contributed by atoms with Gasteiger partial charge in [0.25, 0.3) is 0 Å². The topological polar surface area (TPSA) is 54.4 Å². The third-order valence-electron chi connectivity index (χ3n) is 5.21. The van der Waals surface area contributed by atoms with Gasteiger partial charge < -0.3 is 5.32 Å². The first-order chi connectivity index (χ1) is 14.6. The number of amides is 1. The van der Waals surface area contributed by atoms with E-state index in [4.69, 9.17) is 11.6 Å². The Morgan fingerprint density at radius 2 is 1.81 bits per heavy atom. The maximum absolute atomic E-state index is 13.2. The number of carbonyl (C=O) groups excluding carboxylic acids is 1. The van der Waals surface area contributed by atoms with Crippen molar-refractivity contribution in [1.82, 2.24) is 4.98 Å². The minimum absolute atomic E-state index is 0.0199. The second-order valence-corrected chi connectivity index (χ2v) is 7.69. The van der Waals surface area contributed by atoms with E-state index in [9.17, 15) is 18.0 Å². The first kappa shape index (κ1) is 21.1. The molecule has 1 N–H and O–H groups in total. The molecule has 0 atom stereocenters. The third-order valence-corrected chi connectivity index (χ3v) is 5.52. The number of hydrogen-bond donors (Lipinski definition) is 1. The molecule has 1 aromatic heterocycles. The Kier molecular flexibility index (Phi) is 5.31. The number of benzene rings is 2. The molecule has 0 radical (unpaired) electrons. The van der Waals surface area contributed by atoms with Crippen LogP contribution in [0.5, 0.6) is 0 Å². The molecule has 0 unspecified atom stereocenters. The molecule has 2 heterocycles. The molecule has 8 heteroatoms. The number of aryl methyl sites for hydroxylation is 1. The van der Waals surface area contributed by atoms with Gasteiger partial charge in [-0.25, -0.2) is 0 Å². The Bertz CT molecular complexity index is 1240. The Balaban J connectivity index is 1.81. The Labute approximate surface area is 181 Å². The van der Waals surface area contributed by atoms with Crippen molar-refractivity contribution in [1.29, 1.82) is 0 Å². The minimum atomic E-state index is -4.63. The first-order valence-corrected chi connectivity index (χ1v) is 9.82. The fourth-order valence-corrected chi connectivity index (χ4v) is 3.75. The van der Waals surface area contributed by atoms with Crippen molar-refractivity contribution in [2.24, 2.45) is 4.99 Å². The number of alkyl halides is 3. The lowest BCUT2D eigenvalue weighted by atomic mass is 9.96. The van der Waals surface area contributed by atoms with Crippen molar-refractivity contribution in [2.45, 2.75) is 26.4 Å². The second kappa shape index (κ2) is 7.81. The minimum Gasteiger partial charge on any atom is -0.324 e. The summed E-state index contributed by atoms with van der Waals surface area (Å²) in [4.78, 5) is 21.2. The molecule has 1 aliphatic rings. The average Bonchev–Trinajstić information content (AvgIpc) is 2.86. The quantitative estimate of drug-likeness (QED) is 0.491.